The van der Waals surface area contributed by atoms with Crippen LogP contribution in [0.5, 0.6) is 0 Å². The molecule has 12 heavy (non-hydrogen) atoms. The van der Waals surface area contributed by atoms with Gasteiger partial charge >= 0.3 is 0 Å². The Kier molecular flexibility index (Phi) is 3.53. The van der Waals surface area contributed by atoms with Crippen molar-refractivity contribution < 1.29 is 0 Å². The van der Waals surface area contributed by atoms with Gasteiger partial charge in [0.1, 0.15) is 0 Å². The van der Waals surface area contributed by atoms with E-state index in [-0.39, 0.29) is 0 Å². The van der Waals surface area contributed by atoms with Gasteiger partial charge in [-0.05, 0) is 32.2 Å². The van der Waals surface area contributed by atoms with Crippen molar-refractivity contribution in [1.82, 2.24) is 4.90 Å². The lowest BCUT2D eigenvalue weighted by molar-refractivity contribution is 0.216. The van der Waals surface area contributed by atoms with E-state index < -0.39 is 0 Å². The summed E-state index contributed by atoms with van der Waals surface area (Å²) in [5.74, 6) is 0.869. The van der Waals surface area contributed by atoms with Gasteiger partial charge < -0.3 is 5.73 Å². The summed E-state index contributed by atoms with van der Waals surface area (Å²) >= 11 is 0. The maximum atomic E-state index is 5.79. The second-order valence-corrected chi connectivity index (χ2v) is 4.21. The van der Waals surface area contributed by atoms with Crippen molar-refractivity contribution in [2.75, 3.05) is 13.1 Å². The lowest BCUT2D eigenvalue weighted by Crippen LogP contribution is -2.39. The van der Waals surface area contributed by atoms with Crippen molar-refractivity contribution in [2.24, 2.45) is 11.7 Å². The van der Waals surface area contributed by atoms with Gasteiger partial charge in [0, 0.05) is 18.6 Å². The number of hydrogen-bond donors (Lipinski definition) is 1. The van der Waals surface area contributed by atoms with Gasteiger partial charge in [0.2, 0.25) is 0 Å². The van der Waals surface area contributed by atoms with Crippen LogP contribution in [0.15, 0.2) is 0 Å². The third kappa shape index (κ3) is 2.20. The highest BCUT2D eigenvalue weighted by Crippen LogP contribution is 2.25. The van der Waals surface area contributed by atoms with Gasteiger partial charge in [-0.1, -0.05) is 13.8 Å². The third-order valence-corrected chi connectivity index (χ3v) is 2.94. The first kappa shape index (κ1) is 10.0. The Morgan fingerprint density at radius 2 is 2.25 bits per heavy atom. The monoisotopic (exact) mass is 170 g/mol. The minimum atomic E-state index is 0.323. The largest absolute Gasteiger partial charge is 0.327 e. The number of rotatable bonds is 3. The van der Waals surface area contributed by atoms with Gasteiger partial charge in [-0.25, -0.2) is 0 Å². The van der Waals surface area contributed by atoms with Crippen LogP contribution in [0.4, 0.5) is 0 Å². The molecule has 1 rings (SSSR count). The first-order valence-electron chi connectivity index (χ1n) is 5.14. The van der Waals surface area contributed by atoms with Crippen molar-refractivity contribution in [3.63, 3.8) is 0 Å². The van der Waals surface area contributed by atoms with E-state index in [1.54, 1.807) is 0 Å². The van der Waals surface area contributed by atoms with Gasteiger partial charge in [-0.2, -0.15) is 0 Å². The molecule has 0 aromatic rings. The van der Waals surface area contributed by atoms with Crippen molar-refractivity contribution in [3.05, 3.63) is 0 Å². The normalized spacial score (nSPS) is 34.0. The molecule has 2 unspecified atom stereocenters. The molecule has 3 atom stereocenters. The molecule has 0 radical (unpaired) electrons. The van der Waals surface area contributed by atoms with Crippen LogP contribution in [-0.4, -0.2) is 30.1 Å². The molecule has 1 heterocycles. The fourth-order valence-corrected chi connectivity index (χ4v) is 2.34. The summed E-state index contributed by atoms with van der Waals surface area (Å²) in [5, 5.41) is 0. The van der Waals surface area contributed by atoms with E-state index in [0.29, 0.717) is 6.04 Å². The van der Waals surface area contributed by atoms with Gasteiger partial charge in [0.05, 0.1) is 0 Å². The van der Waals surface area contributed by atoms with E-state index in [9.17, 15) is 0 Å². The molecule has 1 aliphatic rings. The number of nitrogens with two attached hydrogens (primary N) is 1. The van der Waals surface area contributed by atoms with Gasteiger partial charge in [0.15, 0.2) is 0 Å². The van der Waals surface area contributed by atoms with E-state index >= 15 is 0 Å². The minimum Gasteiger partial charge on any atom is -0.327 e. The Hall–Kier alpha value is -0.0800. The molecule has 0 aromatic heterocycles. The average Bonchev–Trinajstić information content (AvgIpc) is 2.30. The van der Waals surface area contributed by atoms with Crippen LogP contribution in [0.25, 0.3) is 0 Å². The highest BCUT2D eigenvalue weighted by atomic mass is 15.2. The number of likely N-dealkylation sites (tertiary alicyclic amines) is 1. The van der Waals surface area contributed by atoms with E-state index in [4.69, 9.17) is 5.73 Å². The van der Waals surface area contributed by atoms with Crippen LogP contribution in [-0.2, 0) is 0 Å². The van der Waals surface area contributed by atoms with Crippen LogP contribution in [0.2, 0.25) is 0 Å². The first-order valence-corrected chi connectivity index (χ1v) is 5.14. The van der Waals surface area contributed by atoms with Gasteiger partial charge in [0.25, 0.3) is 0 Å². The summed E-state index contributed by atoms with van der Waals surface area (Å²) in [6, 6.07) is 1.11. The van der Waals surface area contributed by atoms with Crippen molar-refractivity contribution >= 4 is 0 Å². The van der Waals surface area contributed by atoms with E-state index in [1.807, 2.05) is 0 Å². The fourth-order valence-electron chi connectivity index (χ4n) is 2.34. The molecule has 2 N–H and O–H groups in total. The Morgan fingerprint density at radius 1 is 1.58 bits per heavy atom. The van der Waals surface area contributed by atoms with E-state index in [2.05, 4.69) is 25.7 Å². The predicted octanol–water partition coefficient (Wildman–Crippen LogP) is 1.45. The van der Waals surface area contributed by atoms with Gasteiger partial charge in [-0.3, -0.25) is 4.90 Å². The quantitative estimate of drug-likeness (QED) is 0.694. The summed E-state index contributed by atoms with van der Waals surface area (Å²) in [6.45, 7) is 9.05. The van der Waals surface area contributed by atoms with Crippen molar-refractivity contribution in [1.29, 1.82) is 0 Å². The molecule has 72 valence electrons. The highest BCUT2D eigenvalue weighted by molar-refractivity contribution is 4.84. The summed E-state index contributed by atoms with van der Waals surface area (Å²) in [6.07, 6.45) is 2.62. The van der Waals surface area contributed by atoms with Gasteiger partial charge in [-0.15, -0.1) is 0 Å². The first-order chi connectivity index (χ1) is 5.65. The molecule has 1 aliphatic heterocycles. The second-order valence-electron chi connectivity index (χ2n) is 4.21. The van der Waals surface area contributed by atoms with E-state index in [0.717, 1.165) is 18.5 Å². The third-order valence-electron chi connectivity index (χ3n) is 2.94. The molecule has 0 spiro atoms. The molecule has 0 bridgehead atoms. The Labute approximate surface area is 76.1 Å². The van der Waals surface area contributed by atoms with Crippen LogP contribution in [0, 0.1) is 5.92 Å². The predicted molar refractivity (Wildman–Crippen MR) is 53.1 cm³/mol. The lowest BCUT2D eigenvalue weighted by atomic mass is 10.0. The maximum Gasteiger partial charge on any atom is 0.0139 e. The van der Waals surface area contributed by atoms with Crippen LogP contribution < -0.4 is 5.73 Å². The van der Waals surface area contributed by atoms with E-state index in [1.165, 1.54) is 19.4 Å². The Bertz CT molecular complexity index is 134. The van der Waals surface area contributed by atoms with Crippen molar-refractivity contribution in [3.8, 4) is 0 Å². The highest BCUT2D eigenvalue weighted by Gasteiger charge is 2.29. The molecule has 2 nitrogen and oxygen atoms in total. The smallest absolute Gasteiger partial charge is 0.0139 e. The molecule has 1 saturated heterocycles. The molecular weight excluding hydrogens is 148 g/mol. The van der Waals surface area contributed by atoms with Crippen LogP contribution in [0.3, 0.4) is 0 Å². The molecular formula is C10H22N2. The summed E-state index contributed by atoms with van der Waals surface area (Å²) in [7, 11) is 0. The minimum absolute atomic E-state index is 0.323. The zero-order chi connectivity index (χ0) is 9.14. The molecule has 2 heteroatoms. The summed E-state index contributed by atoms with van der Waals surface area (Å²) in [5.41, 5.74) is 5.79. The molecule has 0 aromatic carbocycles. The average molecular weight is 170 g/mol. The van der Waals surface area contributed by atoms with Crippen molar-refractivity contribution in [2.45, 2.75) is 45.7 Å². The van der Waals surface area contributed by atoms with Crippen LogP contribution in [0.1, 0.15) is 33.6 Å². The molecule has 0 amide bonds. The zero-order valence-corrected chi connectivity index (χ0v) is 8.59. The Balaban J connectivity index is 2.43. The maximum absolute atomic E-state index is 5.79. The summed E-state index contributed by atoms with van der Waals surface area (Å²) in [4.78, 5) is 2.55. The fraction of sp³-hybridized carbons (Fsp3) is 1.00. The standard InChI is InChI=1S/C10H22N2/c1-4-10-8(2)5-6-12(10)7-9(3)11/h8-10H,4-7,11H2,1-3H3/t8?,9-,10?/m0/s1. The zero-order valence-electron chi connectivity index (χ0n) is 8.59. The summed E-state index contributed by atoms with van der Waals surface area (Å²) < 4.78 is 0. The molecule has 0 saturated carbocycles. The second kappa shape index (κ2) is 4.24. The molecule has 1 fully saturated rings. The lowest BCUT2D eigenvalue weighted by Gasteiger charge is -2.27. The number of nitrogens with zero attached hydrogens (tertiary/aromatic N) is 1. The SMILES string of the molecule is CCC1C(C)CCN1C[C@H](C)N. The number of hydrogen-bond acceptors (Lipinski definition) is 2. The van der Waals surface area contributed by atoms with Crippen LogP contribution >= 0.6 is 0 Å². The Morgan fingerprint density at radius 3 is 2.75 bits per heavy atom. The topological polar surface area (TPSA) is 29.3 Å². The molecule has 0 aliphatic carbocycles.